The minimum absolute atomic E-state index is 0.640. The van der Waals surface area contributed by atoms with Crippen LogP contribution >= 0.6 is 0 Å². The number of aromatic nitrogens is 1. The van der Waals surface area contributed by atoms with Crippen LogP contribution in [0.5, 0.6) is 5.88 Å². The average molecular weight is 350 g/mol. The molecule has 0 saturated carbocycles. The van der Waals surface area contributed by atoms with E-state index in [0.29, 0.717) is 17.9 Å². The molecule has 2 rings (SSSR count). The maximum atomic E-state index is 9.10. The number of pyridine rings is 1. The maximum absolute atomic E-state index is 9.10. The third-order valence-electron chi connectivity index (χ3n) is 4.23. The fraction of sp³-hybridized carbons (Fsp3) is 0.722. The molecule has 0 spiro atoms. The summed E-state index contributed by atoms with van der Waals surface area (Å²) in [5.41, 5.74) is -1.36. The molecule has 6 nitrogen and oxygen atoms in total. The zero-order valence-corrected chi connectivity index (χ0v) is 15.9. The first-order valence-corrected chi connectivity index (χ1v) is 8.69. The van der Waals surface area contributed by atoms with Crippen LogP contribution in [0, 0.1) is 0 Å². The lowest BCUT2D eigenvalue weighted by Gasteiger charge is -2.31. The summed E-state index contributed by atoms with van der Waals surface area (Å²) >= 11 is 0. The molecular weight excluding hydrogens is 319 g/mol. The molecule has 0 bridgehead atoms. The van der Waals surface area contributed by atoms with Crippen LogP contribution in [-0.4, -0.2) is 78.6 Å². The number of rotatable bonds is 6. The van der Waals surface area contributed by atoms with E-state index in [1.165, 1.54) is 0 Å². The summed E-state index contributed by atoms with van der Waals surface area (Å²) in [6.45, 7) is 11.8. The second-order valence-corrected chi connectivity index (χ2v) is 7.20. The summed E-state index contributed by atoms with van der Waals surface area (Å²) in [5, 5.41) is 18.2. The third kappa shape index (κ3) is 9.21. The number of morpholine rings is 1. The van der Waals surface area contributed by atoms with Crippen molar-refractivity contribution in [2.75, 3.05) is 39.5 Å². The van der Waals surface area contributed by atoms with Gasteiger partial charge in [-0.3, -0.25) is 4.90 Å². The van der Waals surface area contributed by atoms with Crippen LogP contribution in [0.3, 0.4) is 0 Å². The van der Waals surface area contributed by atoms with Gasteiger partial charge >= 0.3 is 0 Å². The standard InChI is InChI=1S/C12H17BN2O2.C6H14O2/c13-11-2-3-12(14-10-11)17-7-1-4-15-5-8-16-9-6-15;1-5(2,7)6(3,4)8/h2-3,10H,1,4-9H2;7-8H,1-4H3. The van der Waals surface area contributed by atoms with Crippen molar-refractivity contribution in [3.05, 3.63) is 18.3 Å². The number of hydrogen-bond donors (Lipinski definition) is 2. The zero-order chi connectivity index (χ0) is 18.9. The summed E-state index contributed by atoms with van der Waals surface area (Å²) in [5.74, 6) is 0.640. The predicted octanol–water partition coefficient (Wildman–Crippen LogP) is 0.505. The van der Waals surface area contributed by atoms with Crippen LogP contribution in [-0.2, 0) is 4.74 Å². The largest absolute Gasteiger partial charge is 0.478 e. The molecule has 1 aromatic heterocycles. The van der Waals surface area contributed by atoms with Gasteiger partial charge in [0.05, 0.1) is 31.0 Å². The number of aliphatic hydroxyl groups is 2. The molecule has 2 radical (unpaired) electrons. The van der Waals surface area contributed by atoms with Gasteiger partial charge in [-0.05, 0) is 40.2 Å². The molecule has 25 heavy (non-hydrogen) atoms. The van der Waals surface area contributed by atoms with Gasteiger partial charge < -0.3 is 19.7 Å². The van der Waals surface area contributed by atoms with Gasteiger partial charge in [-0.1, -0.05) is 11.5 Å². The van der Waals surface area contributed by atoms with Crippen LogP contribution < -0.4 is 10.2 Å². The minimum Gasteiger partial charge on any atom is -0.478 e. The van der Waals surface area contributed by atoms with Crippen molar-refractivity contribution in [2.45, 2.75) is 45.3 Å². The second-order valence-electron chi connectivity index (χ2n) is 7.20. The fourth-order valence-corrected chi connectivity index (χ4v) is 1.77. The van der Waals surface area contributed by atoms with E-state index in [2.05, 4.69) is 9.88 Å². The van der Waals surface area contributed by atoms with E-state index in [0.717, 1.165) is 39.3 Å². The lowest BCUT2D eigenvalue weighted by Crippen LogP contribution is -2.44. The highest BCUT2D eigenvalue weighted by Gasteiger charge is 2.31. The summed E-state index contributed by atoms with van der Waals surface area (Å²) < 4.78 is 10.8. The van der Waals surface area contributed by atoms with Crippen LogP contribution in [0.2, 0.25) is 0 Å². The van der Waals surface area contributed by atoms with E-state index >= 15 is 0 Å². The highest BCUT2D eigenvalue weighted by atomic mass is 16.5. The van der Waals surface area contributed by atoms with Gasteiger partial charge in [0, 0.05) is 25.8 Å². The highest BCUT2D eigenvalue weighted by Crippen LogP contribution is 2.19. The van der Waals surface area contributed by atoms with Gasteiger partial charge in [0.25, 0.3) is 0 Å². The minimum atomic E-state index is -1.01. The van der Waals surface area contributed by atoms with Crippen LogP contribution in [0.15, 0.2) is 18.3 Å². The Kier molecular flexibility index (Phi) is 8.86. The molecule has 1 fully saturated rings. The number of ether oxygens (including phenoxy) is 2. The lowest BCUT2D eigenvalue weighted by molar-refractivity contribution is -0.107. The molecule has 0 atom stereocenters. The molecule has 2 N–H and O–H groups in total. The summed E-state index contributed by atoms with van der Waals surface area (Å²) in [7, 11) is 5.54. The van der Waals surface area contributed by atoms with E-state index in [1.807, 2.05) is 0 Å². The van der Waals surface area contributed by atoms with Crippen molar-refractivity contribution in [3.63, 3.8) is 0 Å². The van der Waals surface area contributed by atoms with Gasteiger partial charge in [0.2, 0.25) is 5.88 Å². The van der Waals surface area contributed by atoms with Crippen LogP contribution in [0.4, 0.5) is 0 Å². The Hall–Kier alpha value is -1.15. The van der Waals surface area contributed by atoms with Gasteiger partial charge in [0.15, 0.2) is 0 Å². The third-order valence-corrected chi connectivity index (χ3v) is 4.23. The normalized spacial score (nSPS) is 16.1. The van der Waals surface area contributed by atoms with E-state index in [9.17, 15) is 0 Å². The Labute approximate surface area is 152 Å². The first-order valence-electron chi connectivity index (χ1n) is 8.69. The summed E-state index contributed by atoms with van der Waals surface area (Å²) in [6.07, 6.45) is 2.61. The van der Waals surface area contributed by atoms with Gasteiger partial charge in [-0.15, -0.1) is 0 Å². The van der Waals surface area contributed by atoms with E-state index < -0.39 is 11.2 Å². The molecule has 1 aliphatic rings. The molecule has 7 heteroatoms. The molecule has 0 unspecified atom stereocenters. The number of hydrogen-bond acceptors (Lipinski definition) is 6. The fourth-order valence-electron chi connectivity index (χ4n) is 1.77. The first-order chi connectivity index (χ1) is 11.6. The Morgan fingerprint density at radius 2 is 1.76 bits per heavy atom. The van der Waals surface area contributed by atoms with Crippen LogP contribution in [0.25, 0.3) is 0 Å². The van der Waals surface area contributed by atoms with E-state index in [1.54, 1.807) is 46.0 Å². The van der Waals surface area contributed by atoms with Crippen LogP contribution in [0.1, 0.15) is 34.1 Å². The van der Waals surface area contributed by atoms with Crippen molar-refractivity contribution in [2.24, 2.45) is 0 Å². The smallest absolute Gasteiger partial charge is 0.213 e. The topological polar surface area (TPSA) is 75.0 Å². The molecule has 0 aliphatic carbocycles. The molecular formula is C18H31BN2O4. The molecule has 0 amide bonds. The van der Waals surface area contributed by atoms with Gasteiger partial charge in [-0.2, -0.15) is 0 Å². The second kappa shape index (κ2) is 10.1. The zero-order valence-electron chi connectivity index (χ0n) is 15.9. The molecule has 140 valence electrons. The summed E-state index contributed by atoms with van der Waals surface area (Å²) in [6, 6.07) is 3.59. The predicted molar refractivity (Wildman–Crippen MR) is 99.6 cm³/mol. The van der Waals surface area contributed by atoms with E-state index in [4.69, 9.17) is 27.5 Å². The Morgan fingerprint density at radius 1 is 1.16 bits per heavy atom. The van der Waals surface area contributed by atoms with Crippen molar-refractivity contribution in [1.82, 2.24) is 9.88 Å². The average Bonchev–Trinajstić information content (AvgIpc) is 2.53. The molecule has 2 heterocycles. The molecule has 1 saturated heterocycles. The number of nitrogens with zero attached hydrogens (tertiary/aromatic N) is 2. The van der Waals surface area contributed by atoms with E-state index in [-0.39, 0.29) is 0 Å². The van der Waals surface area contributed by atoms with Crippen molar-refractivity contribution in [3.8, 4) is 5.88 Å². The first kappa shape index (κ1) is 21.9. The SMILES string of the molecule is CC(C)(O)C(C)(C)O.[B]c1ccc(OCCCN2CCOCC2)nc1. The van der Waals surface area contributed by atoms with Gasteiger partial charge in [-0.25, -0.2) is 4.98 Å². The molecule has 1 aliphatic heterocycles. The Balaban J connectivity index is 0.000000333. The molecule has 1 aromatic rings. The monoisotopic (exact) mass is 350 g/mol. The lowest BCUT2D eigenvalue weighted by atomic mass is 9.90. The Bertz CT molecular complexity index is 465. The Morgan fingerprint density at radius 3 is 2.24 bits per heavy atom. The van der Waals surface area contributed by atoms with Crippen molar-refractivity contribution in [1.29, 1.82) is 0 Å². The molecule has 0 aromatic carbocycles. The van der Waals surface area contributed by atoms with Crippen molar-refractivity contribution >= 4 is 13.3 Å². The van der Waals surface area contributed by atoms with Crippen molar-refractivity contribution < 1.29 is 19.7 Å². The summed E-state index contributed by atoms with van der Waals surface area (Å²) in [4.78, 5) is 6.47. The quantitative estimate of drug-likeness (QED) is 0.575. The van der Waals surface area contributed by atoms with Gasteiger partial charge in [0.1, 0.15) is 7.85 Å². The highest BCUT2D eigenvalue weighted by molar-refractivity contribution is 6.32. The maximum Gasteiger partial charge on any atom is 0.213 e.